The molecule has 4 rings (SSSR count). The van der Waals surface area contributed by atoms with Crippen molar-refractivity contribution in [3.05, 3.63) is 74.4 Å². The Morgan fingerprint density at radius 2 is 1.89 bits per heavy atom. The zero-order valence-electron chi connectivity index (χ0n) is 15.0. The molecule has 4 aromatic rings. The van der Waals surface area contributed by atoms with E-state index < -0.39 is 17.2 Å². The third kappa shape index (κ3) is 3.18. The normalized spacial score (nSPS) is 10.9. The Hall–Kier alpha value is -4.08. The molecule has 0 atom stereocenters. The monoisotopic (exact) mass is 377 g/mol. The van der Waals surface area contributed by atoms with Crippen LogP contribution < -0.4 is 16.6 Å². The van der Waals surface area contributed by atoms with Gasteiger partial charge in [-0.05, 0) is 38.1 Å². The van der Waals surface area contributed by atoms with E-state index in [9.17, 15) is 14.4 Å². The van der Waals surface area contributed by atoms with Gasteiger partial charge in [0.15, 0.2) is 5.82 Å². The van der Waals surface area contributed by atoms with Gasteiger partial charge in [-0.3, -0.25) is 19.6 Å². The van der Waals surface area contributed by atoms with Gasteiger partial charge in [0.1, 0.15) is 5.65 Å². The van der Waals surface area contributed by atoms with Gasteiger partial charge in [0.25, 0.3) is 11.5 Å². The number of pyridine rings is 2. The Balaban J connectivity index is 1.58. The van der Waals surface area contributed by atoms with Crippen LogP contribution in [0.3, 0.4) is 0 Å². The first kappa shape index (κ1) is 17.3. The highest BCUT2D eigenvalue weighted by molar-refractivity contribution is 6.05. The van der Waals surface area contributed by atoms with Crippen LogP contribution >= 0.6 is 0 Å². The van der Waals surface area contributed by atoms with E-state index in [2.05, 4.69) is 30.4 Å². The van der Waals surface area contributed by atoms with Crippen molar-refractivity contribution in [3.63, 3.8) is 0 Å². The molecule has 0 fully saturated rings. The van der Waals surface area contributed by atoms with Crippen molar-refractivity contribution < 1.29 is 4.79 Å². The van der Waals surface area contributed by atoms with E-state index in [1.807, 2.05) is 19.9 Å². The zero-order valence-corrected chi connectivity index (χ0v) is 15.0. The van der Waals surface area contributed by atoms with Gasteiger partial charge in [0, 0.05) is 11.9 Å². The van der Waals surface area contributed by atoms with Gasteiger partial charge >= 0.3 is 5.69 Å². The van der Waals surface area contributed by atoms with Crippen molar-refractivity contribution in [1.29, 1.82) is 0 Å². The van der Waals surface area contributed by atoms with Crippen LogP contribution in [0.15, 0.2) is 46.2 Å². The third-order valence-corrected chi connectivity index (χ3v) is 4.09. The zero-order chi connectivity index (χ0) is 19.8. The van der Waals surface area contributed by atoms with Gasteiger partial charge in [0.2, 0.25) is 0 Å². The summed E-state index contributed by atoms with van der Waals surface area (Å²) in [7, 11) is 0. The van der Waals surface area contributed by atoms with Crippen LogP contribution in [0.4, 0.5) is 5.69 Å². The second-order valence-electron chi connectivity index (χ2n) is 6.23. The largest absolute Gasteiger partial charge is 0.327 e. The molecule has 0 aliphatic carbocycles. The Bertz CT molecular complexity index is 1320. The summed E-state index contributed by atoms with van der Waals surface area (Å²) in [5, 5.41) is 7.18. The molecule has 10 heteroatoms. The molecule has 0 aliphatic rings. The molecule has 0 radical (unpaired) electrons. The minimum Gasteiger partial charge on any atom is -0.321 e. The quantitative estimate of drug-likeness (QED) is 0.488. The summed E-state index contributed by atoms with van der Waals surface area (Å²) in [6, 6.07) is 6.75. The maximum atomic E-state index is 12.5. The first-order valence-electron chi connectivity index (χ1n) is 8.34. The SMILES string of the molecule is Cc1cc(C)n(-c2ccc(NC(=O)c3cnc4[nH]c(=O)[nH]c(=O)c4c3)cn2)n1. The predicted molar refractivity (Wildman–Crippen MR) is 102 cm³/mol. The van der Waals surface area contributed by atoms with Crippen LogP contribution in [-0.2, 0) is 0 Å². The number of aryl methyl sites for hydroxylation is 2. The first-order valence-corrected chi connectivity index (χ1v) is 8.34. The highest BCUT2D eigenvalue weighted by Gasteiger charge is 2.11. The fourth-order valence-electron chi connectivity index (χ4n) is 2.82. The molecular formula is C18H15N7O3. The van der Waals surface area contributed by atoms with Crippen LogP contribution in [0.5, 0.6) is 0 Å². The van der Waals surface area contributed by atoms with Gasteiger partial charge < -0.3 is 5.32 Å². The number of nitrogens with one attached hydrogen (secondary N) is 3. The maximum absolute atomic E-state index is 12.5. The second-order valence-corrected chi connectivity index (χ2v) is 6.23. The van der Waals surface area contributed by atoms with Gasteiger partial charge in [-0.25, -0.2) is 19.4 Å². The number of nitrogens with zero attached hydrogens (tertiary/aromatic N) is 4. The van der Waals surface area contributed by atoms with Gasteiger partial charge in [-0.2, -0.15) is 5.10 Å². The molecule has 28 heavy (non-hydrogen) atoms. The number of aromatic amines is 2. The molecule has 0 unspecified atom stereocenters. The lowest BCUT2D eigenvalue weighted by Crippen LogP contribution is -2.23. The lowest BCUT2D eigenvalue weighted by molar-refractivity contribution is 0.102. The molecule has 3 N–H and O–H groups in total. The second kappa shape index (κ2) is 6.58. The van der Waals surface area contributed by atoms with Crippen molar-refractivity contribution in [2.75, 3.05) is 5.32 Å². The highest BCUT2D eigenvalue weighted by atomic mass is 16.2. The summed E-state index contributed by atoms with van der Waals surface area (Å²) < 4.78 is 1.71. The van der Waals surface area contributed by atoms with Gasteiger partial charge in [-0.15, -0.1) is 0 Å². The average Bonchev–Trinajstić information content (AvgIpc) is 3.00. The van der Waals surface area contributed by atoms with Crippen molar-refractivity contribution in [2.24, 2.45) is 0 Å². The van der Waals surface area contributed by atoms with Crippen molar-refractivity contribution in [1.82, 2.24) is 29.7 Å². The highest BCUT2D eigenvalue weighted by Crippen LogP contribution is 2.14. The molecule has 4 aromatic heterocycles. The van der Waals surface area contributed by atoms with Gasteiger partial charge in [0.05, 0.1) is 28.5 Å². The number of amides is 1. The topological polar surface area (TPSA) is 138 Å². The number of rotatable bonds is 3. The number of anilines is 1. The summed E-state index contributed by atoms with van der Waals surface area (Å²) in [6.45, 7) is 3.83. The smallest absolute Gasteiger partial charge is 0.321 e. The molecule has 1 amide bonds. The minimum atomic E-state index is -0.657. The van der Waals surface area contributed by atoms with Crippen LogP contribution in [0.25, 0.3) is 16.9 Å². The number of hydrogen-bond acceptors (Lipinski definition) is 6. The Labute approximate surface area is 157 Å². The van der Waals surface area contributed by atoms with Crippen molar-refractivity contribution >= 4 is 22.6 Å². The molecule has 0 aliphatic heterocycles. The molecule has 4 heterocycles. The summed E-state index contributed by atoms with van der Waals surface area (Å²) in [5.41, 5.74) is 1.33. The Kier molecular flexibility index (Phi) is 4.07. The fraction of sp³-hybridized carbons (Fsp3) is 0.111. The van der Waals surface area contributed by atoms with E-state index in [4.69, 9.17) is 0 Å². The van der Waals surface area contributed by atoms with Crippen LogP contribution in [-0.4, -0.2) is 35.6 Å². The maximum Gasteiger partial charge on any atom is 0.327 e. The van der Waals surface area contributed by atoms with Crippen molar-refractivity contribution in [2.45, 2.75) is 13.8 Å². The van der Waals surface area contributed by atoms with E-state index in [-0.39, 0.29) is 16.6 Å². The van der Waals surface area contributed by atoms with E-state index in [1.165, 1.54) is 18.5 Å². The Morgan fingerprint density at radius 3 is 2.57 bits per heavy atom. The molecular weight excluding hydrogens is 362 g/mol. The lowest BCUT2D eigenvalue weighted by atomic mass is 10.2. The first-order chi connectivity index (χ1) is 13.4. The molecule has 0 bridgehead atoms. The predicted octanol–water partition coefficient (Wildman–Crippen LogP) is 1.06. The number of aromatic nitrogens is 6. The molecule has 0 aromatic carbocycles. The molecule has 0 spiro atoms. The fourth-order valence-corrected chi connectivity index (χ4v) is 2.82. The summed E-state index contributed by atoms with van der Waals surface area (Å²) in [5.74, 6) is 0.173. The number of H-pyrrole nitrogens is 2. The standard InChI is InChI=1S/C18H15N7O3/c1-9-5-10(2)25(24-9)14-4-3-12(8-19-14)21-16(26)11-6-13-15(20-7-11)22-18(28)23-17(13)27/h3-8H,1-2H3,(H,21,26)(H2,20,22,23,27,28). The summed E-state index contributed by atoms with van der Waals surface area (Å²) >= 11 is 0. The average molecular weight is 377 g/mol. The third-order valence-electron chi connectivity index (χ3n) is 4.09. The van der Waals surface area contributed by atoms with E-state index in [1.54, 1.807) is 16.8 Å². The molecule has 0 saturated carbocycles. The summed E-state index contributed by atoms with van der Waals surface area (Å²) in [4.78, 5) is 48.4. The van der Waals surface area contributed by atoms with E-state index in [0.717, 1.165) is 11.4 Å². The summed E-state index contributed by atoms with van der Waals surface area (Å²) in [6.07, 6.45) is 2.80. The number of carbonyl (C=O) groups is 1. The van der Waals surface area contributed by atoms with E-state index in [0.29, 0.717) is 11.5 Å². The molecule has 10 nitrogen and oxygen atoms in total. The van der Waals surface area contributed by atoms with E-state index >= 15 is 0 Å². The molecule has 140 valence electrons. The minimum absolute atomic E-state index is 0.112. The Morgan fingerprint density at radius 1 is 1.07 bits per heavy atom. The number of hydrogen-bond donors (Lipinski definition) is 3. The van der Waals surface area contributed by atoms with Gasteiger partial charge in [-0.1, -0.05) is 0 Å². The van der Waals surface area contributed by atoms with Crippen LogP contribution in [0.2, 0.25) is 0 Å². The van der Waals surface area contributed by atoms with Crippen LogP contribution in [0.1, 0.15) is 21.7 Å². The number of fused-ring (bicyclic) bond motifs is 1. The lowest BCUT2D eigenvalue weighted by Gasteiger charge is -2.07. The molecule has 0 saturated heterocycles. The number of carbonyl (C=O) groups excluding carboxylic acids is 1. The van der Waals surface area contributed by atoms with Crippen molar-refractivity contribution in [3.8, 4) is 5.82 Å². The van der Waals surface area contributed by atoms with Crippen LogP contribution in [0, 0.1) is 13.8 Å².